The number of pyridine rings is 1. The van der Waals surface area contributed by atoms with Gasteiger partial charge in [-0.15, -0.1) is 11.8 Å². The van der Waals surface area contributed by atoms with E-state index in [4.69, 9.17) is 5.11 Å². The SMILES string of the molecule is O=C(O)CSCCNC(=O)C1CCN(S(=O)(=O)c2cccnc2)CC1. The Labute approximate surface area is 151 Å². The molecule has 0 saturated carbocycles. The van der Waals surface area contributed by atoms with Gasteiger partial charge >= 0.3 is 5.97 Å². The molecular weight excluding hydrogens is 366 g/mol. The average molecular weight is 387 g/mol. The predicted octanol–water partition coefficient (Wildman–Crippen LogP) is 0.416. The number of aromatic nitrogens is 1. The molecule has 1 aromatic rings. The number of carbonyl (C=O) groups is 2. The molecule has 2 heterocycles. The Morgan fingerprint density at radius 3 is 2.68 bits per heavy atom. The van der Waals surface area contributed by atoms with Gasteiger partial charge in [-0.25, -0.2) is 8.42 Å². The quantitative estimate of drug-likeness (QED) is 0.621. The number of carbonyl (C=O) groups excluding carboxylic acids is 1. The summed E-state index contributed by atoms with van der Waals surface area (Å²) in [5, 5.41) is 11.3. The second-order valence-electron chi connectivity index (χ2n) is 5.60. The Morgan fingerprint density at radius 1 is 1.36 bits per heavy atom. The van der Waals surface area contributed by atoms with Crippen LogP contribution in [0, 0.1) is 5.92 Å². The zero-order chi connectivity index (χ0) is 18.3. The van der Waals surface area contributed by atoms with Crippen molar-refractivity contribution in [2.45, 2.75) is 17.7 Å². The molecule has 0 atom stereocenters. The van der Waals surface area contributed by atoms with Crippen LogP contribution in [0.3, 0.4) is 0 Å². The van der Waals surface area contributed by atoms with Crippen LogP contribution in [0.1, 0.15) is 12.8 Å². The summed E-state index contributed by atoms with van der Waals surface area (Å²) < 4.78 is 26.4. The molecule has 25 heavy (non-hydrogen) atoms. The number of piperidine rings is 1. The Bertz CT molecular complexity index is 688. The zero-order valence-electron chi connectivity index (χ0n) is 13.6. The fourth-order valence-electron chi connectivity index (χ4n) is 2.56. The molecule has 2 rings (SSSR count). The van der Waals surface area contributed by atoms with E-state index in [9.17, 15) is 18.0 Å². The van der Waals surface area contributed by atoms with E-state index in [0.29, 0.717) is 38.2 Å². The third kappa shape index (κ3) is 5.68. The standard InChI is InChI=1S/C15H21N3O5S2/c19-14(20)11-24-9-6-17-15(21)12-3-7-18(8-4-12)25(22,23)13-2-1-5-16-10-13/h1-2,5,10,12H,3-4,6-9,11H2,(H,17,21)(H,19,20). The van der Waals surface area contributed by atoms with E-state index in [1.807, 2.05) is 0 Å². The van der Waals surface area contributed by atoms with Crippen LogP contribution in [0.4, 0.5) is 0 Å². The lowest BCUT2D eigenvalue weighted by atomic mass is 9.97. The highest BCUT2D eigenvalue weighted by molar-refractivity contribution is 7.99. The Balaban J connectivity index is 1.77. The van der Waals surface area contributed by atoms with E-state index < -0.39 is 16.0 Å². The van der Waals surface area contributed by atoms with Crippen LogP contribution in [0.5, 0.6) is 0 Å². The van der Waals surface area contributed by atoms with Crippen molar-refractivity contribution >= 4 is 33.7 Å². The van der Waals surface area contributed by atoms with Gasteiger partial charge in [-0.05, 0) is 25.0 Å². The summed E-state index contributed by atoms with van der Waals surface area (Å²) in [5.41, 5.74) is 0. The van der Waals surface area contributed by atoms with E-state index in [2.05, 4.69) is 10.3 Å². The van der Waals surface area contributed by atoms with Crippen molar-refractivity contribution in [3.8, 4) is 0 Å². The lowest BCUT2D eigenvalue weighted by Gasteiger charge is -2.30. The minimum absolute atomic E-state index is 0.0143. The van der Waals surface area contributed by atoms with Gasteiger partial charge in [0.1, 0.15) is 4.90 Å². The fraction of sp³-hybridized carbons (Fsp3) is 0.533. The molecule has 138 valence electrons. The van der Waals surface area contributed by atoms with Crippen LogP contribution in [0.25, 0.3) is 0 Å². The zero-order valence-corrected chi connectivity index (χ0v) is 15.3. The fourth-order valence-corrected chi connectivity index (χ4v) is 4.56. The third-order valence-electron chi connectivity index (χ3n) is 3.87. The monoisotopic (exact) mass is 387 g/mol. The maximum absolute atomic E-state index is 12.5. The van der Waals surface area contributed by atoms with Crippen LogP contribution in [0.2, 0.25) is 0 Å². The summed E-state index contributed by atoms with van der Waals surface area (Å²) in [6.07, 6.45) is 3.77. The first-order chi connectivity index (χ1) is 11.9. The molecule has 8 nitrogen and oxygen atoms in total. The molecular formula is C15H21N3O5S2. The summed E-state index contributed by atoms with van der Waals surface area (Å²) in [6.45, 7) is 0.997. The second-order valence-corrected chi connectivity index (χ2v) is 8.65. The summed E-state index contributed by atoms with van der Waals surface area (Å²) in [4.78, 5) is 26.5. The molecule has 1 aromatic heterocycles. The van der Waals surface area contributed by atoms with Crippen molar-refractivity contribution in [1.29, 1.82) is 0 Å². The molecule has 0 aliphatic carbocycles. The molecule has 0 aromatic carbocycles. The lowest BCUT2D eigenvalue weighted by molar-refractivity contribution is -0.134. The Morgan fingerprint density at radius 2 is 2.08 bits per heavy atom. The predicted molar refractivity (Wildman–Crippen MR) is 93.7 cm³/mol. The summed E-state index contributed by atoms with van der Waals surface area (Å²) in [7, 11) is -3.56. The summed E-state index contributed by atoms with van der Waals surface area (Å²) in [5.74, 6) is -0.648. The Hall–Kier alpha value is -1.65. The van der Waals surface area contributed by atoms with Gasteiger partial charge in [-0.2, -0.15) is 4.31 Å². The molecule has 1 amide bonds. The van der Waals surface area contributed by atoms with E-state index in [1.165, 1.54) is 34.5 Å². The van der Waals surface area contributed by atoms with Gasteiger partial charge in [0.15, 0.2) is 0 Å². The number of amides is 1. The van der Waals surface area contributed by atoms with Gasteiger partial charge in [0.2, 0.25) is 15.9 Å². The lowest BCUT2D eigenvalue weighted by Crippen LogP contribution is -2.43. The first kappa shape index (κ1) is 19.7. The van der Waals surface area contributed by atoms with E-state index in [0.717, 1.165) is 0 Å². The van der Waals surface area contributed by atoms with Crippen molar-refractivity contribution in [2.24, 2.45) is 5.92 Å². The van der Waals surface area contributed by atoms with Crippen LogP contribution in [-0.4, -0.2) is 65.8 Å². The van der Waals surface area contributed by atoms with Crippen molar-refractivity contribution in [3.63, 3.8) is 0 Å². The largest absolute Gasteiger partial charge is 0.481 e. The highest BCUT2D eigenvalue weighted by Gasteiger charge is 2.32. The number of sulfonamides is 1. The minimum Gasteiger partial charge on any atom is -0.481 e. The van der Waals surface area contributed by atoms with Gasteiger partial charge in [0.05, 0.1) is 5.75 Å². The highest BCUT2D eigenvalue weighted by atomic mass is 32.2. The molecule has 1 aliphatic rings. The maximum Gasteiger partial charge on any atom is 0.313 e. The van der Waals surface area contributed by atoms with Gasteiger partial charge in [0, 0.05) is 43.7 Å². The number of carboxylic acids is 1. The van der Waals surface area contributed by atoms with E-state index >= 15 is 0 Å². The average Bonchev–Trinajstić information content (AvgIpc) is 2.62. The van der Waals surface area contributed by atoms with E-state index in [1.54, 1.807) is 6.07 Å². The number of rotatable bonds is 8. The van der Waals surface area contributed by atoms with Crippen molar-refractivity contribution in [3.05, 3.63) is 24.5 Å². The molecule has 10 heteroatoms. The molecule has 0 radical (unpaired) electrons. The first-order valence-electron chi connectivity index (χ1n) is 7.88. The first-order valence-corrected chi connectivity index (χ1v) is 10.5. The van der Waals surface area contributed by atoms with Gasteiger partial charge in [0.25, 0.3) is 0 Å². The highest BCUT2D eigenvalue weighted by Crippen LogP contribution is 2.23. The van der Waals surface area contributed by atoms with Crippen molar-refractivity contribution in [2.75, 3.05) is 31.1 Å². The van der Waals surface area contributed by atoms with Crippen LogP contribution in [-0.2, 0) is 19.6 Å². The molecule has 0 unspecified atom stereocenters. The molecule has 2 N–H and O–H groups in total. The van der Waals surface area contributed by atoms with Crippen LogP contribution < -0.4 is 5.32 Å². The number of aliphatic carboxylic acids is 1. The van der Waals surface area contributed by atoms with Gasteiger partial charge in [-0.3, -0.25) is 14.6 Å². The van der Waals surface area contributed by atoms with Crippen molar-refractivity contribution < 1.29 is 23.1 Å². The smallest absolute Gasteiger partial charge is 0.313 e. The Kier molecular flexibility index (Phi) is 7.21. The summed E-state index contributed by atoms with van der Waals surface area (Å²) >= 11 is 1.24. The second kappa shape index (κ2) is 9.16. The van der Waals surface area contributed by atoms with Crippen molar-refractivity contribution in [1.82, 2.24) is 14.6 Å². The van der Waals surface area contributed by atoms with Crippen LogP contribution >= 0.6 is 11.8 Å². The van der Waals surface area contributed by atoms with Crippen LogP contribution in [0.15, 0.2) is 29.4 Å². The summed E-state index contributed by atoms with van der Waals surface area (Å²) in [6, 6.07) is 3.09. The number of hydrogen-bond donors (Lipinski definition) is 2. The topological polar surface area (TPSA) is 117 Å². The molecule has 0 spiro atoms. The normalized spacial score (nSPS) is 16.5. The number of nitrogens with one attached hydrogen (secondary N) is 1. The number of nitrogens with zero attached hydrogens (tertiary/aromatic N) is 2. The van der Waals surface area contributed by atoms with E-state index in [-0.39, 0.29) is 22.5 Å². The molecule has 1 saturated heterocycles. The molecule has 1 aliphatic heterocycles. The number of thioether (sulfide) groups is 1. The molecule has 1 fully saturated rings. The number of hydrogen-bond acceptors (Lipinski definition) is 6. The van der Waals surface area contributed by atoms with Gasteiger partial charge < -0.3 is 10.4 Å². The minimum atomic E-state index is -3.56. The molecule has 0 bridgehead atoms. The third-order valence-corrected chi connectivity index (χ3v) is 6.69. The number of carboxylic acid groups (broad SMARTS) is 1. The maximum atomic E-state index is 12.5. The van der Waals surface area contributed by atoms with Gasteiger partial charge in [-0.1, -0.05) is 0 Å².